The normalized spacial score (nSPS) is 12.4. The zero-order valence-electron chi connectivity index (χ0n) is 10.9. The Morgan fingerprint density at radius 2 is 2.11 bits per heavy atom. The maximum absolute atomic E-state index is 11.8. The van der Waals surface area contributed by atoms with E-state index in [1.165, 1.54) is 12.3 Å². The van der Waals surface area contributed by atoms with Crippen LogP contribution in [-0.2, 0) is 0 Å². The Morgan fingerprint density at radius 1 is 1.44 bits per heavy atom. The average Bonchev–Trinajstić information content (AvgIpc) is 2.75. The largest absolute Gasteiger partial charge is 0.351 e. The van der Waals surface area contributed by atoms with Gasteiger partial charge >= 0.3 is 0 Å². The van der Waals surface area contributed by atoms with Crippen LogP contribution in [0.15, 0.2) is 12.3 Å². The van der Waals surface area contributed by atoms with E-state index in [1.807, 2.05) is 6.92 Å². The van der Waals surface area contributed by atoms with Gasteiger partial charge in [0.2, 0.25) is 0 Å². The van der Waals surface area contributed by atoms with E-state index in [0.717, 1.165) is 12.8 Å². The predicted molar refractivity (Wildman–Crippen MR) is 68.4 cm³/mol. The van der Waals surface area contributed by atoms with Gasteiger partial charge in [-0.1, -0.05) is 13.8 Å². The highest BCUT2D eigenvalue weighted by Gasteiger charge is 2.16. The van der Waals surface area contributed by atoms with Crippen LogP contribution >= 0.6 is 0 Å². The molecular weight excluding hydrogens is 234 g/mol. The first-order valence-electron chi connectivity index (χ1n) is 6.03. The Morgan fingerprint density at radius 3 is 2.61 bits per heavy atom. The van der Waals surface area contributed by atoms with Gasteiger partial charge in [-0.05, 0) is 25.7 Å². The van der Waals surface area contributed by atoms with Crippen LogP contribution in [0.4, 0.5) is 5.69 Å². The second-order valence-corrected chi connectivity index (χ2v) is 4.87. The van der Waals surface area contributed by atoms with Crippen LogP contribution in [0.5, 0.6) is 0 Å². The van der Waals surface area contributed by atoms with Crippen molar-refractivity contribution in [3.63, 3.8) is 0 Å². The van der Waals surface area contributed by atoms with Crippen molar-refractivity contribution >= 4 is 11.6 Å². The van der Waals surface area contributed by atoms with Crippen molar-refractivity contribution in [3.8, 4) is 0 Å². The second-order valence-electron chi connectivity index (χ2n) is 4.87. The number of amides is 1. The quantitative estimate of drug-likeness (QED) is 0.603. The highest BCUT2D eigenvalue weighted by atomic mass is 16.6. The Kier molecular flexibility index (Phi) is 4.88. The van der Waals surface area contributed by atoms with Crippen LogP contribution in [0.1, 0.15) is 44.1 Å². The van der Waals surface area contributed by atoms with Crippen LogP contribution in [0.3, 0.4) is 0 Å². The lowest BCUT2D eigenvalue weighted by atomic mass is 10.0. The third-order valence-corrected chi connectivity index (χ3v) is 2.68. The van der Waals surface area contributed by atoms with E-state index in [0.29, 0.717) is 5.92 Å². The van der Waals surface area contributed by atoms with Gasteiger partial charge in [-0.2, -0.15) is 0 Å². The molecule has 6 heteroatoms. The number of carbonyl (C=O) groups excluding carboxylic acids is 1. The molecule has 0 fully saturated rings. The lowest BCUT2D eigenvalue weighted by molar-refractivity contribution is -0.384. The highest BCUT2D eigenvalue weighted by Crippen LogP contribution is 2.12. The summed E-state index contributed by atoms with van der Waals surface area (Å²) >= 11 is 0. The fourth-order valence-electron chi connectivity index (χ4n) is 1.58. The van der Waals surface area contributed by atoms with Gasteiger partial charge in [0.15, 0.2) is 0 Å². The average molecular weight is 253 g/mol. The molecule has 1 aromatic heterocycles. The smallest absolute Gasteiger partial charge is 0.287 e. The van der Waals surface area contributed by atoms with Crippen molar-refractivity contribution in [3.05, 3.63) is 28.1 Å². The number of nitrogens with one attached hydrogen (secondary N) is 2. The van der Waals surface area contributed by atoms with E-state index in [2.05, 4.69) is 24.1 Å². The van der Waals surface area contributed by atoms with Crippen LogP contribution in [0.25, 0.3) is 0 Å². The summed E-state index contributed by atoms with van der Waals surface area (Å²) in [5.74, 6) is 0.287. The van der Waals surface area contributed by atoms with Crippen molar-refractivity contribution in [2.45, 2.75) is 39.7 Å². The minimum absolute atomic E-state index is 0.0576. The van der Waals surface area contributed by atoms with Crippen LogP contribution in [-0.4, -0.2) is 21.9 Å². The van der Waals surface area contributed by atoms with E-state index >= 15 is 0 Å². The maximum atomic E-state index is 11.8. The molecule has 1 rings (SSSR count). The van der Waals surface area contributed by atoms with Crippen LogP contribution < -0.4 is 5.32 Å². The zero-order valence-corrected chi connectivity index (χ0v) is 10.9. The van der Waals surface area contributed by atoms with Crippen LogP contribution in [0.2, 0.25) is 0 Å². The molecule has 0 aliphatic heterocycles. The Hall–Kier alpha value is -1.85. The number of hydrogen-bond donors (Lipinski definition) is 2. The molecule has 1 atom stereocenters. The molecule has 6 nitrogen and oxygen atoms in total. The number of hydrogen-bond acceptors (Lipinski definition) is 3. The van der Waals surface area contributed by atoms with Gasteiger partial charge in [0.1, 0.15) is 5.69 Å². The molecule has 2 N–H and O–H groups in total. The fraction of sp³-hybridized carbons (Fsp3) is 0.583. The molecule has 1 heterocycles. The van der Waals surface area contributed by atoms with Crippen LogP contribution in [0, 0.1) is 16.0 Å². The van der Waals surface area contributed by atoms with Gasteiger partial charge in [0.05, 0.1) is 11.1 Å². The topological polar surface area (TPSA) is 88.0 Å². The third-order valence-electron chi connectivity index (χ3n) is 2.68. The summed E-state index contributed by atoms with van der Waals surface area (Å²) in [7, 11) is 0. The minimum Gasteiger partial charge on any atom is -0.351 e. The lowest BCUT2D eigenvalue weighted by Crippen LogP contribution is -2.32. The first-order chi connectivity index (χ1) is 8.40. The third kappa shape index (κ3) is 4.20. The highest BCUT2D eigenvalue weighted by molar-refractivity contribution is 5.93. The molecule has 0 saturated heterocycles. The number of aromatic amines is 1. The summed E-state index contributed by atoms with van der Waals surface area (Å²) in [6.45, 7) is 6.18. The Labute approximate surface area is 106 Å². The van der Waals surface area contributed by atoms with Gasteiger partial charge in [0, 0.05) is 12.1 Å². The van der Waals surface area contributed by atoms with Gasteiger partial charge in [-0.25, -0.2) is 0 Å². The molecule has 100 valence electrons. The van der Waals surface area contributed by atoms with Gasteiger partial charge < -0.3 is 10.3 Å². The summed E-state index contributed by atoms with van der Waals surface area (Å²) < 4.78 is 0. The molecule has 0 saturated carbocycles. The molecule has 0 unspecified atom stereocenters. The van der Waals surface area contributed by atoms with E-state index in [1.54, 1.807) is 0 Å². The van der Waals surface area contributed by atoms with E-state index in [4.69, 9.17) is 0 Å². The molecule has 1 aromatic rings. The van der Waals surface area contributed by atoms with Crippen molar-refractivity contribution in [2.75, 3.05) is 0 Å². The predicted octanol–water partition coefficient (Wildman–Crippen LogP) is 2.48. The fourth-order valence-corrected chi connectivity index (χ4v) is 1.58. The lowest BCUT2D eigenvalue weighted by Gasteiger charge is -2.14. The van der Waals surface area contributed by atoms with E-state index in [9.17, 15) is 14.9 Å². The monoisotopic (exact) mass is 253 g/mol. The second kappa shape index (κ2) is 6.18. The molecule has 0 aromatic carbocycles. The number of rotatable bonds is 6. The number of nitro groups is 1. The molecule has 0 aliphatic rings. The Balaban J connectivity index is 2.51. The van der Waals surface area contributed by atoms with Gasteiger partial charge in [-0.3, -0.25) is 14.9 Å². The maximum Gasteiger partial charge on any atom is 0.287 e. The first-order valence-corrected chi connectivity index (χ1v) is 6.03. The summed E-state index contributed by atoms with van der Waals surface area (Å²) in [5.41, 5.74) is 0.119. The number of carbonyl (C=O) groups is 1. The summed E-state index contributed by atoms with van der Waals surface area (Å²) in [5, 5.41) is 13.3. The van der Waals surface area contributed by atoms with Crippen molar-refractivity contribution < 1.29 is 9.72 Å². The number of nitrogens with zero attached hydrogens (tertiary/aromatic N) is 1. The summed E-state index contributed by atoms with van der Waals surface area (Å²) in [6, 6.07) is 1.30. The summed E-state index contributed by atoms with van der Waals surface area (Å²) in [4.78, 5) is 24.3. The molecule has 0 bridgehead atoms. The zero-order chi connectivity index (χ0) is 13.7. The molecule has 0 aliphatic carbocycles. The standard InChI is InChI=1S/C12H19N3O3/c1-8(2)4-5-9(3)14-12(16)11-6-10(7-13-11)15(17)18/h6-9,13H,4-5H2,1-3H3,(H,14,16)/t9-/m0/s1. The van der Waals surface area contributed by atoms with E-state index in [-0.39, 0.29) is 23.3 Å². The van der Waals surface area contributed by atoms with Gasteiger partial charge in [-0.15, -0.1) is 0 Å². The number of H-pyrrole nitrogens is 1. The molecule has 1 amide bonds. The van der Waals surface area contributed by atoms with E-state index < -0.39 is 4.92 Å². The SMILES string of the molecule is CC(C)CC[C@H](C)NC(=O)c1cc([N+](=O)[O-])c[nH]1. The van der Waals surface area contributed by atoms with Gasteiger partial charge in [0.25, 0.3) is 11.6 Å². The minimum atomic E-state index is -0.532. The molecule has 0 spiro atoms. The Bertz CT molecular complexity index is 426. The van der Waals surface area contributed by atoms with Crippen molar-refractivity contribution in [2.24, 2.45) is 5.92 Å². The molecule has 18 heavy (non-hydrogen) atoms. The summed E-state index contributed by atoms with van der Waals surface area (Å²) in [6.07, 6.45) is 3.15. The molecule has 0 radical (unpaired) electrons. The molecular formula is C12H19N3O3. The van der Waals surface area contributed by atoms with Crippen molar-refractivity contribution in [1.82, 2.24) is 10.3 Å². The number of aromatic nitrogens is 1. The van der Waals surface area contributed by atoms with Crippen molar-refractivity contribution in [1.29, 1.82) is 0 Å². The first kappa shape index (κ1) is 14.2.